The number of carbonyl (C=O) groups excluding carboxylic acids is 2. The molecular formula is C19H25N5O2. The molecular weight excluding hydrogens is 330 g/mol. The van der Waals surface area contributed by atoms with Gasteiger partial charge in [-0.05, 0) is 32.3 Å². The monoisotopic (exact) mass is 355 g/mol. The Morgan fingerprint density at radius 1 is 1.35 bits per heavy atom. The molecule has 1 aromatic carbocycles. The van der Waals surface area contributed by atoms with Crippen molar-refractivity contribution in [1.82, 2.24) is 25.6 Å². The summed E-state index contributed by atoms with van der Waals surface area (Å²) >= 11 is 0. The van der Waals surface area contributed by atoms with Crippen molar-refractivity contribution in [3.63, 3.8) is 0 Å². The number of benzene rings is 1. The van der Waals surface area contributed by atoms with Gasteiger partial charge in [0.25, 0.3) is 5.91 Å². The third-order valence-corrected chi connectivity index (χ3v) is 4.86. The van der Waals surface area contributed by atoms with Crippen LogP contribution in [0.3, 0.4) is 0 Å². The van der Waals surface area contributed by atoms with Crippen LogP contribution in [0.5, 0.6) is 0 Å². The van der Waals surface area contributed by atoms with Gasteiger partial charge in [-0.25, -0.2) is 4.68 Å². The summed E-state index contributed by atoms with van der Waals surface area (Å²) in [5.74, 6) is -0.223. The molecule has 3 rings (SSSR count). The molecule has 0 bridgehead atoms. The SMILES string of the molecule is CCc1c(C(=O)NC2CCC(=O)NC2(C)C)nnn1Cc1ccccc1. The van der Waals surface area contributed by atoms with Crippen LogP contribution in [0.15, 0.2) is 30.3 Å². The van der Waals surface area contributed by atoms with Crippen molar-refractivity contribution in [3.05, 3.63) is 47.3 Å². The molecule has 26 heavy (non-hydrogen) atoms. The summed E-state index contributed by atoms with van der Waals surface area (Å²) in [4.78, 5) is 24.4. The number of aromatic nitrogens is 3. The first-order valence-electron chi connectivity index (χ1n) is 8.99. The van der Waals surface area contributed by atoms with E-state index >= 15 is 0 Å². The number of nitrogens with zero attached hydrogens (tertiary/aromatic N) is 3. The quantitative estimate of drug-likeness (QED) is 0.854. The summed E-state index contributed by atoms with van der Waals surface area (Å²) in [5, 5.41) is 14.3. The molecule has 2 heterocycles. The summed E-state index contributed by atoms with van der Waals surface area (Å²) in [6.07, 6.45) is 1.69. The summed E-state index contributed by atoms with van der Waals surface area (Å²) in [6.45, 7) is 6.40. The molecule has 0 saturated carbocycles. The van der Waals surface area contributed by atoms with E-state index in [2.05, 4.69) is 20.9 Å². The first-order chi connectivity index (χ1) is 12.4. The lowest BCUT2D eigenvalue weighted by atomic mass is 9.86. The minimum Gasteiger partial charge on any atom is -0.349 e. The molecule has 1 fully saturated rings. The fourth-order valence-corrected chi connectivity index (χ4v) is 3.37. The van der Waals surface area contributed by atoms with Gasteiger partial charge in [0, 0.05) is 6.42 Å². The van der Waals surface area contributed by atoms with E-state index in [1.807, 2.05) is 51.1 Å². The Morgan fingerprint density at radius 3 is 2.73 bits per heavy atom. The van der Waals surface area contributed by atoms with Crippen molar-refractivity contribution in [2.45, 2.75) is 58.2 Å². The van der Waals surface area contributed by atoms with E-state index in [9.17, 15) is 9.59 Å². The molecule has 0 spiro atoms. The van der Waals surface area contributed by atoms with Gasteiger partial charge in [0.15, 0.2) is 5.69 Å². The van der Waals surface area contributed by atoms with Gasteiger partial charge >= 0.3 is 0 Å². The molecule has 1 unspecified atom stereocenters. The first-order valence-corrected chi connectivity index (χ1v) is 8.99. The molecule has 1 aromatic heterocycles. The minimum atomic E-state index is -0.489. The van der Waals surface area contributed by atoms with Crippen LogP contribution >= 0.6 is 0 Å². The van der Waals surface area contributed by atoms with E-state index in [1.165, 1.54) is 0 Å². The largest absolute Gasteiger partial charge is 0.349 e. The van der Waals surface area contributed by atoms with Gasteiger partial charge in [0.05, 0.1) is 23.8 Å². The van der Waals surface area contributed by atoms with Crippen molar-refractivity contribution in [1.29, 1.82) is 0 Å². The van der Waals surface area contributed by atoms with Crippen molar-refractivity contribution in [3.8, 4) is 0 Å². The maximum Gasteiger partial charge on any atom is 0.274 e. The zero-order valence-electron chi connectivity index (χ0n) is 15.5. The highest BCUT2D eigenvalue weighted by molar-refractivity contribution is 5.93. The number of hydrogen-bond acceptors (Lipinski definition) is 4. The van der Waals surface area contributed by atoms with Gasteiger partial charge in [-0.1, -0.05) is 42.5 Å². The zero-order chi connectivity index (χ0) is 18.7. The van der Waals surface area contributed by atoms with Crippen molar-refractivity contribution in [2.75, 3.05) is 0 Å². The van der Waals surface area contributed by atoms with E-state index in [1.54, 1.807) is 4.68 Å². The second kappa shape index (κ2) is 7.27. The average molecular weight is 355 g/mol. The van der Waals surface area contributed by atoms with Crippen LogP contribution in [0.4, 0.5) is 0 Å². The maximum atomic E-state index is 12.8. The van der Waals surface area contributed by atoms with E-state index < -0.39 is 5.54 Å². The summed E-state index contributed by atoms with van der Waals surface area (Å²) in [6, 6.07) is 9.82. The number of hydrogen-bond donors (Lipinski definition) is 2. The number of piperidine rings is 1. The van der Waals surface area contributed by atoms with Crippen LogP contribution in [0, 0.1) is 0 Å². The van der Waals surface area contributed by atoms with Crippen LogP contribution in [-0.2, 0) is 17.8 Å². The topological polar surface area (TPSA) is 88.9 Å². The summed E-state index contributed by atoms with van der Waals surface area (Å²) < 4.78 is 1.78. The third kappa shape index (κ3) is 3.76. The van der Waals surface area contributed by atoms with E-state index in [0.29, 0.717) is 31.5 Å². The van der Waals surface area contributed by atoms with Crippen LogP contribution in [0.2, 0.25) is 0 Å². The van der Waals surface area contributed by atoms with Crippen LogP contribution < -0.4 is 10.6 Å². The fourth-order valence-electron chi connectivity index (χ4n) is 3.37. The fraction of sp³-hybridized carbons (Fsp3) is 0.474. The second-order valence-corrected chi connectivity index (χ2v) is 7.22. The number of nitrogens with one attached hydrogen (secondary N) is 2. The molecule has 0 radical (unpaired) electrons. The van der Waals surface area contributed by atoms with Crippen LogP contribution in [-0.4, -0.2) is 38.4 Å². The standard InChI is InChI=1S/C19H25N5O2/c1-4-14-17(22-23-24(14)12-13-8-6-5-7-9-13)18(26)20-15-10-11-16(25)21-19(15,2)3/h5-9,15H,4,10-12H2,1-3H3,(H,20,26)(H,21,25). The van der Waals surface area contributed by atoms with E-state index in [4.69, 9.17) is 0 Å². The van der Waals surface area contributed by atoms with Gasteiger partial charge in [0.1, 0.15) is 0 Å². The second-order valence-electron chi connectivity index (χ2n) is 7.22. The highest BCUT2D eigenvalue weighted by Crippen LogP contribution is 2.20. The number of amides is 2. The molecule has 2 N–H and O–H groups in total. The van der Waals surface area contributed by atoms with Crippen LogP contribution in [0.1, 0.15) is 55.4 Å². The lowest BCUT2D eigenvalue weighted by molar-refractivity contribution is -0.125. The lowest BCUT2D eigenvalue weighted by Gasteiger charge is -2.39. The highest BCUT2D eigenvalue weighted by Gasteiger charge is 2.37. The van der Waals surface area contributed by atoms with Gasteiger partial charge in [-0.2, -0.15) is 0 Å². The zero-order valence-corrected chi connectivity index (χ0v) is 15.5. The van der Waals surface area contributed by atoms with Crippen molar-refractivity contribution in [2.24, 2.45) is 0 Å². The molecule has 0 aliphatic carbocycles. The Kier molecular flexibility index (Phi) is 5.06. The van der Waals surface area contributed by atoms with Gasteiger partial charge in [-0.15, -0.1) is 5.10 Å². The summed E-state index contributed by atoms with van der Waals surface area (Å²) in [7, 11) is 0. The Morgan fingerprint density at radius 2 is 2.08 bits per heavy atom. The molecule has 2 aromatic rings. The predicted molar refractivity (Wildman–Crippen MR) is 97.7 cm³/mol. The lowest BCUT2D eigenvalue weighted by Crippen LogP contribution is -2.62. The Hall–Kier alpha value is -2.70. The van der Waals surface area contributed by atoms with Gasteiger partial charge < -0.3 is 10.6 Å². The average Bonchev–Trinajstić information content (AvgIpc) is 3.00. The predicted octanol–water partition coefficient (Wildman–Crippen LogP) is 1.68. The smallest absolute Gasteiger partial charge is 0.274 e. The third-order valence-electron chi connectivity index (χ3n) is 4.86. The van der Waals surface area contributed by atoms with E-state index in [0.717, 1.165) is 11.3 Å². The van der Waals surface area contributed by atoms with Gasteiger partial charge in [-0.3, -0.25) is 9.59 Å². The Bertz CT molecular complexity index is 798. The number of carbonyl (C=O) groups is 2. The Balaban J connectivity index is 1.76. The molecule has 1 aliphatic heterocycles. The van der Waals surface area contributed by atoms with Crippen molar-refractivity contribution >= 4 is 11.8 Å². The molecule has 7 heteroatoms. The van der Waals surface area contributed by atoms with E-state index in [-0.39, 0.29) is 17.9 Å². The summed E-state index contributed by atoms with van der Waals surface area (Å²) in [5.41, 5.74) is 1.78. The molecule has 1 saturated heterocycles. The van der Waals surface area contributed by atoms with Crippen molar-refractivity contribution < 1.29 is 9.59 Å². The molecule has 2 amide bonds. The maximum absolute atomic E-state index is 12.8. The van der Waals surface area contributed by atoms with Crippen LogP contribution in [0.25, 0.3) is 0 Å². The molecule has 1 atom stereocenters. The highest BCUT2D eigenvalue weighted by atomic mass is 16.2. The first kappa shape index (κ1) is 18.1. The molecule has 138 valence electrons. The normalized spacial score (nSPS) is 19.0. The number of rotatable bonds is 5. The molecule has 7 nitrogen and oxygen atoms in total. The Labute approximate surface area is 153 Å². The van der Waals surface area contributed by atoms with Gasteiger partial charge in [0.2, 0.25) is 5.91 Å². The minimum absolute atomic E-state index is 0.0172. The molecule has 1 aliphatic rings.